The number of unbranched alkanes of at least 4 members (excludes halogenated alkanes) is 1. The lowest BCUT2D eigenvalue weighted by Gasteiger charge is -2.10. The molecule has 1 aliphatic carbocycles. The fourth-order valence-electron chi connectivity index (χ4n) is 1.59. The van der Waals surface area contributed by atoms with Gasteiger partial charge in [0, 0.05) is 13.1 Å². The van der Waals surface area contributed by atoms with Crippen molar-refractivity contribution in [2.75, 3.05) is 13.1 Å². The largest absolute Gasteiger partial charge is 0.355 e. The molecule has 4 nitrogen and oxygen atoms in total. The van der Waals surface area contributed by atoms with Gasteiger partial charge in [-0.15, -0.1) is 0 Å². The first kappa shape index (κ1) is 12.3. The summed E-state index contributed by atoms with van der Waals surface area (Å²) in [5, 5.41) is 3.20. The van der Waals surface area contributed by atoms with E-state index in [-0.39, 0.29) is 0 Å². The molecule has 1 saturated carbocycles. The molecule has 0 aromatic rings. The minimum Gasteiger partial charge on any atom is -0.355 e. The predicted octanol–water partition coefficient (Wildman–Crippen LogP) is 1.24. The first-order chi connectivity index (χ1) is 7.27. The predicted molar refractivity (Wildman–Crippen MR) is 64.4 cm³/mol. The number of nitrogens with one attached hydrogen (secondary N) is 2. The molecule has 0 heterocycles. The van der Waals surface area contributed by atoms with Gasteiger partial charge in [0.15, 0.2) is 0 Å². The maximum atomic E-state index is 5.39. The number of hydrogen-bond acceptors (Lipinski definition) is 2. The Morgan fingerprint density at radius 1 is 1.53 bits per heavy atom. The smallest absolute Gasteiger partial charge is 0.205 e. The second-order valence-electron chi connectivity index (χ2n) is 4.43. The van der Waals surface area contributed by atoms with E-state index in [1.54, 1.807) is 0 Å². The molecule has 0 bridgehead atoms. The second-order valence-corrected chi connectivity index (χ2v) is 4.43. The van der Waals surface area contributed by atoms with Crippen LogP contribution in [0.15, 0.2) is 4.99 Å². The Kier molecular flexibility index (Phi) is 5.47. The molecular weight excluding hydrogens is 188 g/mol. The zero-order valence-electron chi connectivity index (χ0n) is 9.92. The highest BCUT2D eigenvalue weighted by atomic mass is 15.3. The summed E-state index contributed by atoms with van der Waals surface area (Å²) in [4.78, 5) is 4.44. The summed E-state index contributed by atoms with van der Waals surface area (Å²) >= 11 is 0. The summed E-state index contributed by atoms with van der Waals surface area (Å²) in [6.07, 6.45) is 5.10. The maximum absolute atomic E-state index is 5.39. The fourth-order valence-corrected chi connectivity index (χ4v) is 1.59. The molecule has 1 rings (SSSR count). The molecule has 0 aliphatic heterocycles. The van der Waals surface area contributed by atoms with E-state index in [4.69, 9.17) is 5.84 Å². The summed E-state index contributed by atoms with van der Waals surface area (Å²) in [6, 6.07) is 0. The molecule has 4 N–H and O–H groups in total. The topological polar surface area (TPSA) is 62.4 Å². The zero-order valence-corrected chi connectivity index (χ0v) is 9.92. The number of aliphatic imine (C=N–C) groups is 1. The molecule has 1 unspecified atom stereocenters. The molecule has 0 radical (unpaired) electrons. The first-order valence-corrected chi connectivity index (χ1v) is 6.02. The van der Waals surface area contributed by atoms with Gasteiger partial charge in [0.25, 0.3) is 0 Å². The van der Waals surface area contributed by atoms with Crippen LogP contribution < -0.4 is 16.6 Å². The average molecular weight is 212 g/mol. The third kappa shape index (κ3) is 5.02. The van der Waals surface area contributed by atoms with E-state index in [1.807, 2.05) is 0 Å². The Labute approximate surface area is 92.7 Å². The van der Waals surface area contributed by atoms with Crippen LogP contribution in [0.1, 0.15) is 39.5 Å². The van der Waals surface area contributed by atoms with Gasteiger partial charge >= 0.3 is 0 Å². The molecule has 88 valence electrons. The van der Waals surface area contributed by atoms with E-state index in [9.17, 15) is 0 Å². The molecule has 0 amide bonds. The molecule has 4 heteroatoms. The molecule has 1 aliphatic rings. The van der Waals surface area contributed by atoms with Gasteiger partial charge < -0.3 is 5.32 Å². The van der Waals surface area contributed by atoms with Crippen LogP contribution in [0, 0.1) is 11.8 Å². The second kappa shape index (κ2) is 6.67. The summed E-state index contributed by atoms with van der Waals surface area (Å²) in [7, 11) is 0. The molecule has 15 heavy (non-hydrogen) atoms. The first-order valence-electron chi connectivity index (χ1n) is 6.02. The monoisotopic (exact) mass is 212 g/mol. The van der Waals surface area contributed by atoms with E-state index in [0.717, 1.165) is 31.4 Å². The van der Waals surface area contributed by atoms with Gasteiger partial charge in [-0.25, -0.2) is 5.84 Å². The van der Waals surface area contributed by atoms with Crippen molar-refractivity contribution in [2.45, 2.75) is 39.5 Å². The lowest BCUT2D eigenvalue weighted by atomic mass is 10.1. The maximum Gasteiger partial charge on any atom is 0.205 e. The molecular formula is C11H24N4. The molecule has 0 spiro atoms. The number of hydrazine groups is 1. The van der Waals surface area contributed by atoms with Crippen molar-refractivity contribution < 1.29 is 0 Å². The van der Waals surface area contributed by atoms with Crippen LogP contribution in [0.3, 0.4) is 0 Å². The van der Waals surface area contributed by atoms with Gasteiger partial charge in [0.1, 0.15) is 0 Å². The van der Waals surface area contributed by atoms with Crippen LogP contribution in [0.25, 0.3) is 0 Å². The van der Waals surface area contributed by atoms with Crippen molar-refractivity contribution in [3.63, 3.8) is 0 Å². The van der Waals surface area contributed by atoms with Crippen LogP contribution in [-0.2, 0) is 0 Å². The number of nitrogens with two attached hydrogens (primary N) is 1. The molecule has 0 aromatic heterocycles. The van der Waals surface area contributed by atoms with Gasteiger partial charge in [-0.3, -0.25) is 10.4 Å². The third-order valence-corrected chi connectivity index (χ3v) is 2.92. The number of guanidine groups is 1. The highest BCUT2D eigenvalue weighted by molar-refractivity contribution is 5.79. The van der Waals surface area contributed by atoms with Crippen LogP contribution >= 0.6 is 0 Å². The molecule has 0 aromatic carbocycles. The number of rotatable bonds is 6. The van der Waals surface area contributed by atoms with Gasteiger partial charge in [0.05, 0.1) is 0 Å². The van der Waals surface area contributed by atoms with Gasteiger partial charge in [-0.2, -0.15) is 0 Å². The van der Waals surface area contributed by atoms with Crippen LogP contribution in [0.2, 0.25) is 0 Å². The van der Waals surface area contributed by atoms with E-state index in [2.05, 4.69) is 29.6 Å². The quantitative estimate of drug-likeness (QED) is 0.204. The Morgan fingerprint density at radius 3 is 2.80 bits per heavy atom. The van der Waals surface area contributed by atoms with Crippen molar-refractivity contribution in [1.29, 1.82) is 0 Å². The Morgan fingerprint density at radius 2 is 2.27 bits per heavy atom. The van der Waals surface area contributed by atoms with E-state index >= 15 is 0 Å². The third-order valence-electron chi connectivity index (χ3n) is 2.92. The Bertz CT molecular complexity index is 199. The van der Waals surface area contributed by atoms with Gasteiger partial charge in [-0.05, 0) is 31.1 Å². The number of nitrogens with zero attached hydrogens (tertiary/aromatic N) is 1. The van der Waals surface area contributed by atoms with E-state index < -0.39 is 0 Å². The van der Waals surface area contributed by atoms with E-state index in [1.165, 1.54) is 19.3 Å². The minimum atomic E-state index is 0.696. The Balaban J connectivity index is 2.19. The van der Waals surface area contributed by atoms with Crippen molar-refractivity contribution >= 4 is 5.96 Å². The summed E-state index contributed by atoms with van der Waals surface area (Å²) in [5.41, 5.74) is 2.61. The van der Waals surface area contributed by atoms with Crippen LogP contribution in [0.4, 0.5) is 0 Å². The molecule has 1 atom stereocenters. The summed E-state index contributed by atoms with van der Waals surface area (Å²) < 4.78 is 0. The molecule has 0 saturated heterocycles. The van der Waals surface area contributed by atoms with Crippen LogP contribution in [0.5, 0.6) is 0 Å². The highest BCUT2D eigenvalue weighted by Crippen LogP contribution is 2.36. The van der Waals surface area contributed by atoms with Gasteiger partial charge in [0.2, 0.25) is 5.96 Å². The summed E-state index contributed by atoms with van der Waals surface area (Å²) in [6.45, 7) is 6.26. The van der Waals surface area contributed by atoms with Crippen molar-refractivity contribution in [3.8, 4) is 0 Å². The highest BCUT2D eigenvalue weighted by Gasteiger charge is 2.27. The Hall–Kier alpha value is -0.770. The van der Waals surface area contributed by atoms with E-state index in [0.29, 0.717) is 5.92 Å². The minimum absolute atomic E-state index is 0.696. The zero-order chi connectivity index (χ0) is 11.1. The average Bonchev–Trinajstić information content (AvgIpc) is 3.06. The lowest BCUT2D eigenvalue weighted by molar-refractivity contribution is 0.520. The lowest BCUT2D eigenvalue weighted by Crippen LogP contribution is -2.42. The van der Waals surface area contributed by atoms with Crippen molar-refractivity contribution in [1.82, 2.24) is 10.7 Å². The van der Waals surface area contributed by atoms with Crippen molar-refractivity contribution in [2.24, 2.45) is 22.7 Å². The van der Waals surface area contributed by atoms with Crippen LogP contribution in [-0.4, -0.2) is 19.0 Å². The van der Waals surface area contributed by atoms with Gasteiger partial charge in [-0.1, -0.05) is 20.3 Å². The normalized spacial score (nSPS) is 18.7. The molecule has 1 fully saturated rings. The number of hydrogen-bond donors (Lipinski definition) is 3. The standard InChI is InChI=1S/C11H24N4/c1-3-4-7-13-11(15-12)14-8-9(2)10-5-6-10/h9-10H,3-8,12H2,1-2H3,(H2,13,14,15). The summed E-state index contributed by atoms with van der Waals surface area (Å²) in [5.74, 6) is 7.72. The van der Waals surface area contributed by atoms with Crippen molar-refractivity contribution in [3.05, 3.63) is 0 Å². The SMILES string of the molecule is CCCCNC(=NCC(C)C1CC1)NN. The fraction of sp³-hybridized carbons (Fsp3) is 0.909.